The fourth-order valence-electron chi connectivity index (χ4n) is 3.95. The smallest absolute Gasteiger partial charge is 0.255 e. The molecule has 0 bridgehead atoms. The lowest BCUT2D eigenvalue weighted by atomic mass is 9.99. The van der Waals surface area contributed by atoms with Gasteiger partial charge in [0.15, 0.2) is 11.5 Å². The van der Waals surface area contributed by atoms with Crippen LogP contribution in [-0.4, -0.2) is 26.7 Å². The summed E-state index contributed by atoms with van der Waals surface area (Å²) in [6, 6.07) is 22.7. The van der Waals surface area contributed by atoms with Gasteiger partial charge >= 0.3 is 0 Å². The predicted octanol–water partition coefficient (Wildman–Crippen LogP) is 6.57. The zero-order chi connectivity index (χ0) is 25.7. The first-order chi connectivity index (χ1) is 17.4. The van der Waals surface area contributed by atoms with Crippen LogP contribution >= 0.6 is 0 Å². The summed E-state index contributed by atoms with van der Waals surface area (Å²) in [4.78, 5) is 13.1. The van der Waals surface area contributed by atoms with Gasteiger partial charge in [0.05, 0.1) is 31.4 Å². The highest BCUT2D eigenvalue weighted by atomic mass is 16.5. The number of furan rings is 1. The zero-order valence-electron chi connectivity index (χ0n) is 20.8. The van der Waals surface area contributed by atoms with E-state index in [0.29, 0.717) is 46.4 Å². The number of carbonyl (C=O) groups excluding carboxylic acids is 1. The van der Waals surface area contributed by atoms with Gasteiger partial charge in [-0.3, -0.25) is 4.79 Å². The molecular weight excluding hydrogens is 452 g/mol. The van der Waals surface area contributed by atoms with E-state index in [0.717, 1.165) is 22.1 Å². The fourth-order valence-corrected chi connectivity index (χ4v) is 3.95. The van der Waals surface area contributed by atoms with E-state index in [1.165, 1.54) is 0 Å². The average molecular weight is 481 g/mol. The monoisotopic (exact) mass is 480 g/mol. The lowest BCUT2D eigenvalue weighted by molar-refractivity contribution is 0.0950. The third-order valence-corrected chi connectivity index (χ3v) is 5.79. The maximum Gasteiger partial charge on any atom is 0.255 e. The van der Waals surface area contributed by atoms with Gasteiger partial charge in [-0.1, -0.05) is 62.4 Å². The Bertz CT molecular complexity index is 1460. The topological polar surface area (TPSA) is 84.5 Å². The minimum atomic E-state index is -0.168. The molecule has 0 saturated heterocycles. The van der Waals surface area contributed by atoms with Gasteiger partial charge in [-0.2, -0.15) is 5.26 Å². The Balaban J connectivity index is 1.70. The van der Waals surface area contributed by atoms with Crippen LogP contribution in [0.25, 0.3) is 33.9 Å². The number of nitrogens with one attached hydrogen (secondary N) is 1. The molecular formula is C30H28N2O4. The summed E-state index contributed by atoms with van der Waals surface area (Å²) in [6.45, 7) is 4.68. The van der Waals surface area contributed by atoms with E-state index in [9.17, 15) is 10.1 Å². The van der Waals surface area contributed by atoms with Crippen molar-refractivity contribution < 1.29 is 18.7 Å². The third-order valence-electron chi connectivity index (χ3n) is 5.79. The Labute approximate surface area is 210 Å². The molecule has 0 spiro atoms. The van der Waals surface area contributed by atoms with E-state index in [1.807, 2.05) is 60.7 Å². The van der Waals surface area contributed by atoms with Crippen molar-refractivity contribution >= 4 is 28.5 Å². The predicted molar refractivity (Wildman–Crippen MR) is 142 cm³/mol. The van der Waals surface area contributed by atoms with E-state index in [1.54, 1.807) is 26.4 Å². The van der Waals surface area contributed by atoms with Crippen molar-refractivity contribution in [2.24, 2.45) is 5.92 Å². The normalized spacial score (nSPS) is 11.4. The number of methoxy groups -OCH3 is 2. The van der Waals surface area contributed by atoms with Crippen LogP contribution in [0.5, 0.6) is 11.5 Å². The van der Waals surface area contributed by atoms with Crippen LogP contribution in [-0.2, 0) is 0 Å². The highest BCUT2D eigenvalue weighted by molar-refractivity contribution is 6.11. The molecule has 0 fully saturated rings. The number of hydrogen-bond donors (Lipinski definition) is 1. The quantitative estimate of drug-likeness (QED) is 0.228. The largest absolute Gasteiger partial charge is 0.493 e. The Morgan fingerprint density at radius 3 is 2.42 bits per heavy atom. The van der Waals surface area contributed by atoms with E-state index in [-0.39, 0.29) is 5.91 Å². The van der Waals surface area contributed by atoms with Crippen LogP contribution in [0.2, 0.25) is 0 Å². The molecule has 0 aliphatic heterocycles. The second kappa shape index (κ2) is 10.8. The standard InChI is InChI=1S/C30H28N2O4/c1-19(2)18-32-30(33)28-24-7-5-6-8-25(24)36-29(28)22-12-10-21(11-13-22)23(17-31)15-20-9-14-26(34-3)27(16-20)35-4/h5-16,19H,18H2,1-4H3,(H,32,33)/b23-15+. The van der Waals surface area contributed by atoms with Gasteiger partial charge in [0.25, 0.3) is 5.91 Å². The third kappa shape index (κ3) is 5.11. The SMILES string of the molecule is COc1ccc(/C=C(\C#N)c2ccc(-c3oc4ccccc4c3C(=O)NCC(C)C)cc2)cc1OC. The van der Waals surface area contributed by atoms with Crippen LogP contribution in [0.4, 0.5) is 0 Å². The van der Waals surface area contributed by atoms with Crippen molar-refractivity contribution in [1.82, 2.24) is 5.32 Å². The average Bonchev–Trinajstić information content (AvgIpc) is 3.30. The number of benzene rings is 3. The molecule has 6 nitrogen and oxygen atoms in total. The van der Waals surface area contributed by atoms with Crippen LogP contribution in [0.15, 0.2) is 71.1 Å². The maximum atomic E-state index is 13.1. The second-order valence-corrected chi connectivity index (χ2v) is 8.77. The number of fused-ring (bicyclic) bond motifs is 1. The van der Waals surface area contributed by atoms with E-state index >= 15 is 0 Å². The summed E-state index contributed by atoms with van der Waals surface area (Å²) in [5.41, 5.74) is 3.98. The first kappa shape index (κ1) is 24.6. The molecule has 3 aromatic carbocycles. The molecule has 1 heterocycles. The molecule has 0 aliphatic rings. The molecule has 182 valence electrons. The number of carbonyl (C=O) groups is 1. The minimum Gasteiger partial charge on any atom is -0.493 e. The summed E-state index contributed by atoms with van der Waals surface area (Å²) >= 11 is 0. The number of allylic oxidation sites excluding steroid dienone is 1. The molecule has 1 N–H and O–H groups in total. The van der Waals surface area contributed by atoms with E-state index in [4.69, 9.17) is 13.9 Å². The highest BCUT2D eigenvalue weighted by Gasteiger charge is 2.22. The van der Waals surface area contributed by atoms with Crippen LogP contribution in [0.1, 0.15) is 35.3 Å². The first-order valence-corrected chi connectivity index (χ1v) is 11.7. The van der Waals surface area contributed by atoms with E-state index in [2.05, 4.69) is 25.2 Å². The summed E-state index contributed by atoms with van der Waals surface area (Å²) in [5.74, 6) is 1.88. The summed E-state index contributed by atoms with van der Waals surface area (Å²) in [5, 5.41) is 13.6. The van der Waals surface area contributed by atoms with Crippen molar-refractivity contribution in [3.63, 3.8) is 0 Å². The van der Waals surface area contributed by atoms with Crippen molar-refractivity contribution in [3.8, 4) is 28.9 Å². The Morgan fingerprint density at radius 2 is 1.75 bits per heavy atom. The number of hydrogen-bond acceptors (Lipinski definition) is 5. The maximum absolute atomic E-state index is 13.1. The Morgan fingerprint density at radius 1 is 1.03 bits per heavy atom. The van der Waals surface area contributed by atoms with Gasteiger partial charge in [-0.25, -0.2) is 0 Å². The van der Waals surface area contributed by atoms with Crippen LogP contribution in [0.3, 0.4) is 0 Å². The number of amides is 1. The van der Waals surface area contributed by atoms with Crippen LogP contribution < -0.4 is 14.8 Å². The molecule has 1 amide bonds. The van der Waals surface area contributed by atoms with Crippen molar-refractivity contribution in [2.75, 3.05) is 20.8 Å². The Kier molecular flexibility index (Phi) is 7.41. The molecule has 6 heteroatoms. The van der Waals surface area contributed by atoms with Gasteiger partial charge < -0.3 is 19.2 Å². The number of rotatable bonds is 8. The fraction of sp³-hybridized carbons (Fsp3) is 0.200. The number of nitrogens with zero attached hydrogens (tertiary/aromatic N) is 1. The van der Waals surface area contributed by atoms with Crippen molar-refractivity contribution in [3.05, 3.63) is 83.4 Å². The lowest BCUT2D eigenvalue weighted by Gasteiger charge is -2.09. The molecule has 4 rings (SSSR count). The zero-order valence-corrected chi connectivity index (χ0v) is 20.8. The number of para-hydroxylation sites is 1. The van der Waals surface area contributed by atoms with Crippen molar-refractivity contribution in [2.45, 2.75) is 13.8 Å². The molecule has 36 heavy (non-hydrogen) atoms. The Hall–Kier alpha value is -4.50. The first-order valence-electron chi connectivity index (χ1n) is 11.7. The lowest BCUT2D eigenvalue weighted by Crippen LogP contribution is -2.27. The molecule has 4 aromatic rings. The number of nitriles is 1. The number of ether oxygens (including phenoxy) is 2. The van der Waals surface area contributed by atoms with Gasteiger partial charge in [0, 0.05) is 17.5 Å². The van der Waals surface area contributed by atoms with Gasteiger partial charge in [-0.15, -0.1) is 0 Å². The minimum absolute atomic E-state index is 0.168. The van der Waals surface area contributed by atoms with Crippen LogP contribution in [0, 0.1) is 17.2 Å². The second-order valence-electron chi connectivity index (χ2n) is 8.77. The molecule has 0 radical (unpaired) electrons. The summed E-state index contributed by atoms with van der Waals surface area (Å²) in [6.07, 6.45) is 1.79. The van der Waals surface area contributed by atoms with Crippen molar-refractivity contribution in [1.29, 1.82) is 5.26 Å². The summed E-state index contributed by atoms with van der Waals surface area (Å²) < 4.78 is 16.8. The molecule has 0 unspecified atom stereocenters. The van der Waals surface area contributed by atoms with Gasteiger partial charge in [-0.05, 0) is 41.3 Å². The van der Waals surface area contributed by atoms with Gasteiger partial charge in [0.1, 0.15) is 11.3 Å². The molecule has 0 aliphatic carbocycles. The molecule has 0 saturated carbocycles. The summed E-state index contributed by atoms with van der Waals surface area (Å²) in [7, 11) is 3.15. The van der Waals surface area contributed by atoms with Gasteiger partial charge in [0.2, 0.25) is 0 Å². The molecule has 0 atom stereocenters. The van der Waals surface area contributed by atoms with E-state index < -0.39 is 0 Å². The molecule has 1 aromatic heterocycles. The highest BCUT2D eigenvalue weighted by Crippen LogP contribution is 2.35.